The first kappa shape index (κ1) is 24.7. The van der Waals surface area contributed by atoms with Crippen molar-refractivity contribution in [2.45, 2.75) is 26.9 Å². The highest BCUT2D eigenvalue weighted by atomic mass is 16.5. The Morgan fingerprint density at radius 2 is 1.91 bits per heavy atom. The largest absolute Gasteiger partial charge is 0.383 e. The molecule has 0 atom stereocenters. The third kappa shape index (κ3) is 6.98. The summed E-state index contributed by atoms with van der Waals surface area (Å²) < 4.78 is 6.17. The van der Waals surface area contributed by atoms with E-state index in [1.807, 2.05) is 44.2 Å². The normalized spacial score (nSPS) is 10.8. The molecule has 2 rings (SSSR count). The van der Waals surface area contributed by atoms with E-state index in [1.165, 1.54) is 16.6 Å². The molecule has 1 heterocycles. The molecule has 3 amide bonds. The molecule has 11 nitrogen and oxygen atoms in total. The van der Waals surface area contributed by atoms with Gasteiger partial charge in [0, 0.05) is 20.2 Å². The smallest absolute Gasteiger partial charge is 0.330 e. The number of hydrogen-bond acceptors (Lipinski definition) is 7. The van der Waals surface area contributed by atoms with Crippen LogP contribution >= 0.6 is 0 Å². The SMILES string of the molecule is COCCn1c(N)c(N(CC(=O)NC(=O)NCC(C)C)Cc2ccccc2)c(=O)[nH]c1=O. The number of aromatic amines is 1. The molecule has 0 bridgehead atoms. The molecule has 0 radical (unpaired) electrons. The zero-order valence-corrected chi connectivity index (χ0v) is 18.5. The number of carbonyl (C=O) groups excluding carboxylic acids is 2. The average molecular weight is 447 g/mol. The van der Waals surface area contributed by atoms with Crippen LogP contribution in [0.3, 0.4) is 0 Å². The minimum atomic E-state index is -0.728. The zero-order valence-electron chi connectivity index (χ0n) is 18.5. The molecular formula is C21H30N6O5. The lowest BCUT2D eigenvalue weighted by Gasteiger charge is -2.25. The Kier molecular flexibility index (Phi) is 9.02. The van der Waals surface area contributed by atoms with Crippen LogP contribution in [0.4, 0.5) is 16.3 Å². The Morgan fingerprint density at radius 3 is 2.53 bits per heavy atom. The summed E-state index contributed by atoms with van der Waals surface area (Å²) in [5, 5.41) is 4.85. The molecule has 1 aromatic carbocycles. The second kappa shape index (κ2) is 11.7. The summed E-state index contributed by atoms with van der Waals surface area (Å²) in [7, 11) is 1.48. The predicted octanol–water partition coefficient (Wildman–Crippen LogP) is 0.254. The Bertz CT molecular complexity index is 1030. The van der Waals surface area contributed by atoms with Crippen molar-refractivity contribution in [3.8, 4) is 0 Å². The van der Waals surface area contributed by atoms with Crippen LogP contribution in [-0.2, 0) is 22.6 Å². The number of nitrogen functional groups attached to an aromatic ring is 1. The van der Waals surface area contributed by atoms with Gasteiger partial charge in [0.25, 0.3) is 5.56 Å². The summed E-state index contributed by atoms with van der Waals surface area (Å²) in [6.45, 7) is 4.40. The lowest BCUT2D eigenvalue weighted by atomic mass is 10.2. The molecule has 0 aliphatic heterocycles. The lowest BCUT2D eigenvalue weighted by molar-refractivity contribution is -0.118. The second-order valence-corrected chi connectivity index (χ2v) is 7.63. The van der Waals surface area contributed by atoms with Gasteiger partial charge in [0.05, 0.1) is 19.7 Å². The second-order valence-electron chi connectivity index (χ2n) is 7.63. The number of nitrogens with one attached hydrogen (secondary N) is 3. The number of anilines is 2. The molecule has 0 spiro atoms. The number of benzene rings is 1. The van der Waals surface area contributed by atoms with Crippen molar-refractivity contribution in [2.24, 2.45) is 5.92 Å². The third-order valence-electron chi connectivity index (χ3n) is 4.52. The zero-order chi connectivity index (χ0) is 23.7. The molecule has 5 N–H and O–H groups in total. The van der Waals surface area contributed by atoms with E-state index in [2.05, 4.69) is 15.6 Å². The third-order valence-corrected chi connectivity index (χ3v) is 4.52. The van der Waals surface area contributed by atoms with Crippen molar-refractivity contribution in [1.82, 2.24) is 20.2 Å². The molecule has 0 aliphatic rings. The summed E-state index contributed by atoms with van der Waals surface area (Å²) in [5.74, 6) is -0.503. The van der Waals surface area contributed by atoms with Gasteiger partial charge in [-0.3, -0.25) is 24.5 Å². The number of hydrogen-bond donors (Lipinski definition) is 4. The monoisotopic (exact) mass is 446 g/mol. The number of aromatic nitrogens is 2. The van der Waals surface area contributed by atoms with E-state index < -0.39 is 23.2 Å². The van der Waals surface area contributed by atoms with E-state index in [1.54, 1.807) is 0 Å². The molecule has 174 valence electrons. The average Bonchev–Trinajstić information content (AvgIpc) is 2.72. The van der Waals surface area contributed by atoms with Crippen LogP contribution in [0.5, 0.6) is 0 Å². The molecule has 0 fully saturated rings. The van der Waals surface area contributed by atoms with Gasteiger partial charge in [-0.25, -0.2) is 9.59 Å². The fraction of sp³-hybridized carbons (Fsp3) is 0.429. The minimum Gasteiger partial charge on any atom is -0.383 e. The number of amides is 3. The van der Waals surface area contributed by atoms with Gasteiger partial charge in [-0.2, -0.15) is 0 Å². The summed E-state index contributed by atoms with van der Waals surface area (Å²) in [6, 6.07) is 8.50. The number of imide groups is 1. The van der Waals surface area contributed by atoms with E-state index in [0.29, 0.717) is 6.54 Å². The van der Waals surface area contributed by atoms with Crippen LogP contribution in [0.1, 0.15) is 19.4 Å². The van der Waals surface area contributed by atoms with Crippen molar-refractivity contribution >= 4 is 23.4 Å². The Morgan fingerprint density at radius 1 is 1.22 bits per heavy atom. The van der Waals surface area contributed by atoms with Crippen molar-refractivity contribution < 1.29 is 14.3 Å². The van der Waals surface area contributed by atoms with Crippen LogP contribution < -0.4 is 32.5 Å². The molecular weight excluding hydrogens is 416 g/mol. The molecule has 11 heteroatoms. The fourth-order valence-corrected chi connectivity index (χ4v) is 2.99. The van der Waals surface area contributed by atoms with Crippen LogP contribution in [0.2, 0.25) is 0 Å². The molecule has 2 aromatic rings. The van der Waals surface area contributed by atoms with Gasteiger partial charge in [-0.05, 0) is 11.5 Å². The van der Waals surface area contributed by atoms with E-state index in [4.69, 9.17) is 10.5 Å². The van der Waals surface area contributed by atoms with Gasteiger partial charge in [-0.15, -0.1) is 0 Å². The number of urea groups is 1. The quantitative estimate of drug-likeness (QED) is 0.408. The van der Waals surface area contributed by atoms with Crippen LogP contribution in [-0.4, -0.2) is 48.3 Å². The lowest BCUT2D eigenvalue weighted by Crippen LogP contribution is -2.47. The molecule has 0 aliphatic carbocycles. The highest BCUT2D eigenvalue weighted by molar-refractivity contribution is 5.96. The first-order valence-corrected chi connectivity index (χ1v) is 10.2. The molecule has 1 aromatic heterocycles. The number of methoxy groups -OCH3 is 1. The summed E-state index contributed by atoms with van der Waals surface area (Å²) in [5.41, 5.74) is 5.53. The summed E-state index contributed by atoms with van der Waals surface area (Å²) in [4.78, 5) is 53.1. The minimum absolute atomic E-state index is 0.0395. The highest BCUT2D eigenvalue weighted by Crippen LogP contribution is 2.19. The number of nitrogens with two attached hydrogens (primary N) is 1. The molecule has 0 saturated carbocycles. The van der Waals surface area contributed by atoms with Crippen molar-refractivity contribution in [1.29, 1.82) is 0 Å². The van der Waals surface area contributed by atoms with Gasteiger partial charge in [-0.1, -0.05) is 44.2 Å². The number of nitrogens with zero attached hydrogens (tertiary/aromatic N) is 2. The fourth-order valence-electron chi connectivity index (χ4n) is 2.99. The first-order chi connectivity index (χ1) is 15.2. The van der Waals surface area contributed by atoms with Gasteiger partial charge < -0.3 is 20.7 Å². The van der Waals surface area contributed by atoms with Crippen LogP contribution in [0.25, 0.3) is 0 Å². The maximum Gasteiger partial charge on any atom is 0.330 e. The van der Waals surface area contributed by atoms with Crippen molar-refractivity contribution in [2.75, 3.05) is 37.4 Å². The summed E-state index contributed by atoms with van der Waals surface area (Å²) >= 11 is 0. The van der Waals surface area contributed by atoms with Gasteiger partial charge in [0.1, 0.15) is 11.5 Å². The van der Waals surface area contributed by atoms with E-state index in [-0.39, 0.29) is 43.7 Å². The Balaban J connectivity index is 2.35. The molecule has 32 heavy (non-hydrogen) atoms. The predicted molar refractivity (Wildman–Crippen MR) is 121 cm³/mol. The number of ether oxygens (including phenoxy) is 1. The Labute approximate surface area is 185 Å². The standard InChI is InChI=1S/C21H30N6O5/c1-14(2)11-23-20(30)24-16(28)13-26(12-15-7-5-4-6-8-15)17-18(22)27(9-10-32-3)21(31)25-19(17)29/h4-8,14H,9-13,22H2,1-3H3,(H,25,29,31)(H2,23,24,28,30). The Hall–Kier alpha value is -3.60. The number of carbonyl (C=O) groups is 2. The van der Waals surface area contributed by atoms with Crippen molar-refractivity contribution in [3.63, 3.8) is 0 Å². The highest BCUT2D eigenvalue weighted by Gasteiger charge is 2.22. The topological polar surface area (TPSA) is 152 Å². The molecule has 0 saturated heterocycles. The van der Waals surface area contributed by atoms with Crippen LogP contribution in [0, 0.1) is 5.92 Å². The van der Waals surface area contributed by atoms with E-state index in [9.17, 15) is 19.2 Å². The molecule has 0 unspecified atom stereocenters. The van der Waals surface area contributed by atoms with Crippen LogP contribution in [0.15, 0.2) is 39.9 Å². The number of H-pyrrole nitrogens is 1. The maximum atomic E-state index is 12.7. The first-order valence-electron chi connectivity index (χ1n) is 10.2. The maximum absolute atomic E-state index is 12.7. The van der Waals surface area contributed by atoms with E-state index >= 15 is 0 Å². The summed E-state index contributed by atoms with van der Waals surface area (Å²) in [6.07, 6.45) is 0. The van der Waals surface area contributed by atoms with E-state index in [0.717, 1.165) is 5.56 Å². The van der Waals surface area contributed by atoms with Gasteiger partial charge in [0.15, 0.2) is 0 Å². The number of rotatable bonds is 10. The van der Waals surface area contributed by atoms with Crippen molar-refractivity contribution in [3.05, 3.63) is 56.7 Å². The van der Waals surface area contributed by atoms with Gasteiger partial charge in [0.2, 0.25) is 5.91 Å². The van der Waals surface area contributed by atoms with Gasteiger partial charge >= 0.3 is 11.7 Å².